The number of carbonyl (C=O) groups excluding carboxylic acids is 1. The van der Waals surface area contributed by atoms with Gasteiger partial charge in [-0.15, -0.1) is 0 Å². The summed E-state index contributed by atoms with van der Waals surface area (Å²) in [6, 6.07) is 1.41. The maximum Gasteiger partial charge on any atom is 0.305 e. The number of aryl methyl sites for hydroxylation is 1. The molecule has 102 valence electrons. The van der Waals surface area contributed by atoms with Crippen molar-refractivity contribution in [3.05, 3.63) is 23.8 Å². The third kappa shape index (κ3) is 3.27. The minimum Gasteiger partial charge on any atom is -0.481 e. The third-order valence-corrected chi connectivity index (χ3v) is 3.32. The van der Waals surface area contributed by atoms with Crippen LogP contribution in [0.25, 0.3) is 0 Å². The van der Waals surface area contributed by atoms with Gasteiger partial charge in [0, 0.05) is 18.3 Å². The Bertz CT molecular complexity index is 490. The Kier molecular flexibility index (Phi) is 4.09. The molecule has 1 saturated heterocycles. The maximum atomic E-state index is 12.4. The molecule has 1 aliphatic heterocycles. The topological polar surface area (TPSA) is 83.4 Å². The molecule has 1 unspecified atom stereocenters. The Hall–Kier alpha value is -1.98. The summed E-state index contributed by atoms with van der Waals surface area (Å²) >= 11 is 0. The van der Waals surface area contributed by atoms with Crippen LogP contribution in [0.15, 0.2) is 12.4 Å². The molecular formula is C13H17N3O3. The molecule has 0 aromatic carbocycles. The predicted molar refractivity (Wildman–Crippen MR) is 67.7 cm³/mol. The lowest BCUT2D eigenvalue weighted by atomic mass is 9.99. The van der Waals surface area contributed by atoms with Crippen LogP contribution in [0.3, 0.4) is 0 Å². The van der Waals surface area contributed by atoms with Crippen molar-refractivity contribution in [1.82, 2.24) is 14.9 Å². The molecule has 19 heavy (non-hydrogen) atoms. The van der Waals surface area contributed by atoms with Gasteiger partial charge in [0.25, 0.3) is 5.91 Å². The number of hydrogen-bond acceptors (Lipinski definition) is 4. The summed E-state index contributed by atoms with van der Waals surface area (Å²) in [6.45, 7) is 2.39. The zero-order valence-corrected chi connectivity index (χ0v) is 10.9. The molecule has 6 heteroatoms. The molecule has 0 bridgehead atoms. The van der Waals surface area contributed by atoms with Crippen molar-refractivity contribution in [1.29, 1.82) is 0 Å². The standard InChI is InChI=1S/C13H17N3O3/c1-9-6-11(15-8-14-9)13(19)16-5-3-2-4-10(16)7-12(17)18/h6,8,10H,2-5,7H2,1H3,(H,17,18). The number of carboxylic acid groups (broad SMARTS) is 1. The molecule has 1 aliphatic rings. The average Bonchev–Trinajstić information content (AvgIpc) is 2.38. The third-order valence-electron chi connectivity index (χ3n) is 3.32. The summed E-state index contributed by atoms with van der Waals surface area (Å²) < 4.78 is 0. The minimum atomic E-state index is -0.872. The molecule has 0 saturated carbocycles. The summed E-state index contributed by atoms with van der Waals surface area (Å²) in [7, 11) is 0. The second kappa shape index (κ2) is 5.77. The van der Waals surface area contributed by atoms with Crippen molar-refractivity contribution in [2.45, 2.75) is 38.6 Å². The number of aliphatic carboxylic acids is 1. The lowest BCUT2D eigenvalue weighted by Gasteiger charge is -2.34. The van der Waals surface area contributed by atoms with E-state index in [0.29, 0.717) is 12.2 Å². The lowest BCUT2D eigenvalue weighted by molar-refractivity contribution is -0.138. The molecule has 1 N–H and O–H groups in total. The van der Waals surface area contributed by atoms with E-state index in [2.05, 4.69) is 9.97 Å². The van der Waals surface area contributed by atoms with Crippen LogP contribution in [-0.4, -0.2) is 44.4 Å². The summed E-state index contributed by atoms with van der Waals surface area (Å²) in [6.07, 6.45) is 3.97. The molecule has 0 radical (unpaired) electrons. The highest BCUT2D eigenvalue weighted by atomic mass is 16.4. The molecule has 1 aromatic heterocycles. The maximum absolute atomic E-state index is 12.4. The van der Waals surface area contributed by atoms with E-state index in [1.54, 1.807) is 17.9 Å². The quantitative estimate of drug-likeness (QED) is 0.887. The average molecular weight is 263 g/mol. The van der Waals surface area contributed by atoms with Gasteiger partial charge in [-0.3, -0.25) is 9.59 Å². The number of likely N-dealkylation sites (tertiary alicyclic amines) is 1. The minimum absolute atomic E-state index is 0.00416. The number of nitrogens with zero attached hydrogens (tertiary/aromatic N) is 3. The zero-order chi connectivity index (χ0) is 13.8. The van der Waals surface area contributed by atoms with Crippen LogP contribution >= 0.6 is 0 Å². The molecule has 2 heterocycles. The van der Waals surface area contributed by atoms with E-state index in [1.165, 1.54) is 6.33 Å². The molecule has 1 aromatic rings. The van der Waals surface area contributed by atoms with E-state index in [4.69, 9.17) is 5.11 Å². The van der Waals surface area contributed by atoms with Crippen LogP contribution in [0.4, 0.5) is 0 Å². The van der Waals surface area contributed by atoms with E-state index in [9.17, 15) is 9.59 Å². The van der Waals surface area contributed by atoms with E-state index in [1.807, 2.05) is 0 Å². The highest BCUT2D eigenvalue weighted by molar-refractivity contribution is 5.92. The van der Waals surface area contributed by atoms with Crippen molar-refractivity contribution >= 4 is 11.9 Å². The summed E-state index contributed by atoms with van der Waals surface area (Å²) in [4.78, 5) is 32.8. The van der Waals surface area contributed by atoms with Gasteiger partial charge in [0.2, 0.25) is 0 Å². The van der Waals surface area contributed by atoms with Gasteiger partial charge < -0.3 is 10.0 Å². The first kappa shape index (κ1) is 13.5. The van der Waals surface area contributed by atoms with Crippen molar-refractivity contribution in [3.8, 4) is 0 Å². The number of rotatable bonds is 3. The zero-order valence-electron chi connectivity index (χ0n) is 10.9. The molecule has 6 nitrogen and oxygen atoms in total. The monoisotopic (exact) mass is 263 g/mol. The largest absolute Gasteiger partial charge is 0.481 e. The summed E-state index contributed by atoms with van der Waals surface area (Å²) in [5.74, 6) is -1.07. The number of amides is 1. The Labute approximate surface area is 111 Å². The fourth-order valence-electron chi connectivity index (χ4n) is 2.40. The Morgan fingerprint density at radius 2 is 2.21 bits per heavy atom. The molecule has 1 fully saturated rings. The van der Waals surface area contributed by atoms with Crippen LogP contribution in [0.2, 0.25) is 0 Å². The van der Waals surface area contributed by atoms with Crippen LogP contribution in [0, 0.1) is 6.92 Å². The normalized spacial score (nSPS) is 19.2. The number of hydrogen-bond donors (Lipinski definition) is 1. The van der Waals surface area contributed by atoms with Crippen LogP contribution < -0.4 is 0 Å². The Morgan fingerprint density at radius 3 is 2.89 bits per heavy atom. The first-order chi connectivity index (χ1) is 9.08. The number of carbonyl (C=O) groups is 2. The smallest absolute Gasteiger partial charge is 0.305 e. The van der Waals surface area contributed by atoms with Crippen LogP contribution in [-0.2, 0) is 4.79 Å². The number of aromatic nitrogens is 2. The van der Waals surface area contributed by atoms with E-state index in [-0.39, 0.29) is 18.4 Å². The van der Waals surface area contributed by atoms with Gasteiger partial charge in [-0.2, -0.15) is 0 Å². The van der Waals surface area contributed by atoms with Crippen molar-refractivity contribution in [2.24, 2.45) is 0 Å². The Morgan fingerprint density at radius 1 is 1.42 bits per heavy atom. The van der Waals surface area contributed by atoms with Crippen molar-refractivity contribution in [3.63, 3.8) is 0 Å². The van der Waals surface area contributed by atoms with Crippen molar-refractivity contribution in [2.75, 3.05) is 6.54 Å². The van der Waals surface area contributed by atoms with Gasteiger partial charge in [0.15, 0.2) is 0 Å². The second-order valence-corrected chi connectivity index (χ2v) is 4.79. The fourth-order valence-corrected chi connectivity index (χ4v) is 2.40. The molecule has 1 amide bonds. The summed E-state index contributed by atoms with van der Waals surface area (Å²) in [5, 5.41) is 8.92. The highest BCUT2D eigenvalue weighted by Crippen LogP contribution is 2.21. The lowest BCUT2D eigenvalue weighted by Crippen LogP contribution is -2.45. The van der Waals surface area contributed by atoms with Crippen LogP contribution in [0.5, 0.6) is 0 Å². The predicted octanol–water partition coefficient (Wildman–Crippen LogP) is 1.25. The Balaban J connectivity index is 2.17. The van der Waals surface area contributed by atoms with E-state index in [0.717, 1.165) is 25.0 Å². The SMILES string of the molecule is Cc1cc(C(=O)N2CCCCC2CC(=O)O)ncn1. The fraction of sp³-hybridized carbons (Fsp3) is 0.538. The van der Waals surface area contributed by atoms with Gasteiger partial charge in [-0.1, -0.05) is 0 Å². The molecule has 2 rings (SSSR count). The summed E-state index contributed by atoms with van der Waals surface area (Å²) in [5.41, 5.74) is 1.06. The number of carboxylic acids is 1. The van der Waals surface area contributed by atoms with Gasteiger partial charge in [0.05, 0.1) is 6.42 Å². The van der Waals surface area contributed by atoms with Gasteiger partial charge in [0.1, 0.15) is 12.0 Å². The van der Waals surface area contributed by atoms with E-state index < -0.39 is 5.97 Å². The highest BCUT2D eigenvalue weighted by Gasteiger charge is 2.29. The van der Waals surface area contributed by atoms with Gasteiger partial charge >= 0.3 is 5.97 Å². The van der Waals surface area contributed by atoms with Crippen molar-refractivity contribution < 1.29 is 14.7 Å². The molecule has 1 atom stereocenters. The molecule has 0 spiro atoms. The number of piperidine rings is 1. The van der Waals surface area contributed by atoms with Crippen LogP contribution in [0.1, 0.15) is 41.9 Å². The van der Waals surface area contributed by atoms with Gasteiger partial charge in [-0.25, -0.2) is 9.97 Å². The molecule has 0 aliphatic carbocycles. The second-order valence-electron chi connectivity index (χ2n) is 4.79. The van der Waals surface area contributed by atoms with Gasteiger partial charge in [-0.05, 0) is 32.3 Å². The first-order valence-electron chi connectivity index (χ1n) is 6.39. The first-order valence-corrected chi connectivity index (χ1v) is 6.39. The molecular weight excluding hydrogens is 246 g/mol. The van der Waals surface area contributed by atoms with E-state index >= 15 is 0 Å².